The predicted octanol–water partition coefficient (Wildman–Crippen LogP) is 4.50. The van der Waals surface area contributed by atoms with E-state index in [1.807, 2.05) is 105 Å². The Bertz CT molecular complexity index is 1470. The highest BCUT2D eigenvalue weighted by Gasteiger charge is 2.40. The molecule has 0 radical (unpaired) electrons. The zero-order valence-electron chi connectivity index (χ0n) is 30.0. The molecule has 5 atom stereocenters. The van der Waals surface area contributed by atoms with Crippen LogP contribution in [-0.4, -0.2) is 76.8 Å². The molecule has 0 aliphatic heterocycles. The minimum Gasteiger partial charge on any atom is -0.445 e. The molecule has 6 N–H and O–H groups in total. The zero-order valence-corrected chi connectivity index (χ0v) is 30.0. The third kappa shape index (κ3) is 13.5. The van der Waals surface area contributed by atoms with Crippen molar-refractivity contribution in [2.45, 2.75) is 96.4 Å². The summed E-state index contributed by atoms with van der Waals surface area (Å²) in [6.07, 6.45) is -2.84. The van der Waals surface area contributed by atoms with Gasteiger partial charge in [-0.2, -0.15) is 0 Å². The van der Waals surface area contributed by atoms with E-state index in [-0.39, 0.29) is 25.6 Å². The van der Waals surface area contributed by atoms with E-state index in [0.717, 1.165) is 16.7 Å². The summed E-state index contributed by atoms with van der Waals surface area (Å²) in [7, 11) is 0. The van der Waals surface area contributed by atoms with E-state index in [2.05, 4.69) is 21.3 Å². The highest BCUT2D eigenvalue weighted by molar-refractivity contribution is 5.90. The quantitative estimate of drug-likeness (QED) is 0.121. The first kappa shape index (κ1) is 40.0. The van der Waals surface area contributed by atoms with Crippen molar-refractivity contribution in [2.24, 2.45) is 5.92 Å². The standard InChI is InChI=1S/C39H54N4O7/c1-27(2)39(6,43-37(48)49-26-30-20-14-9-15-21-30)35(46)41-31(22-28-16-10-7-11-17-28)33(44)24-40-25-34(45)32(23-29-18-12-8-13-19-29)42-36(47)50-38(3,4)5/h7-21,27,31-34,40,44-45H,22-26H2,1-6H3,(H,41,46)(H,42,47)(H,43,48)/t31-,32-,33+,34+,39?/m0/s1. The Kier molecular flexibility index (Phi) is 15.3. The largest absolute Gasteiger partial charge is 0.445 e. The van der Waals surface area contributed by atoms with Crippen LogP contribution in [0.1, 0.15) is 58.2 Å². The Morgan fingerprint density at radius 1 is 0.660 bits per heavy atom. The molecule has 0 aliphatic carbocycles. The monoisotopic (exact) mass is 690 g/mol. The van der Waals surface area contributed by atoms with E-state index in [9.17, 15) is 24.6 Å². The van der Waals surface area contributed by atoms with Gasteiger partial charge < -0.3 is 41.0 Å². The lowest BCUT2D eigenvalue weighted by Gasteiger charge is -2.35. The lowest BCUT2D eigenvalue weighted by molar-refractivity contribution is -0.130. The van der Waals surface area contributed by atoms with Crippen molar-refractivity contribution in [2.75, 3.05) is 13.1 Å². The number of ether oxygens (including phenoxy) is 2. The molecule has 0 saturated heterocycles. The second kappa shape index (κ2) is 19.1. The number of hydrogen-bond acceptors (Lipinski definition) is 8. The van der Waals surface area contributed by atoms with Crippen LogP contribution in [0.15, 0.2) is 91.0 Å². The predicted molar refractivity (Wildman–Crippen MR) is 193 cm³/mol. The van der Waals surface area contributed by atoms with E-state index in [1.54, 1.807) is 27.7 Å². The third-order valence-corrected chi connectivity index (χ3v) is 8.45. The summed E-state index contributed by atoms with van der Waals surface area (Å²) < 4.78 is 10.8. The summed E-state index contributed by atoms with van der Waals surface area (Å²) in [5, 5.41) is 34.2. The van der Waals surface area contributed by atoms with Gasteiger partial charge in [0.2, 0.25) is 5.91 Å². The zero-order chi connectivity index (χ0) is 36.7. The van der Waals surface area contributed by atoms with Gasteiger partial charge in [-0.05, 0) is 63.1 Å². The molecule has 3 aromatic rings. The maximum atomic E-state index is 13.9. The second-order valence-electron chi connectivity index (χ2n) is 14.0. The fraction of sp³-hybridized carbons (Fsp3) is 0.462. The van der Waals surface area contributed by atoms with Crippen LogP contribution in [0.2, 0.25) is 0 Å². The van der Waals surface area contributed by atoms with E-state index in [0.29, 0.717) is 12.8 Å². The van der Waals surface area contributed by atoms with Gasteiger partial charge in [-0.3, -0.25) is 4.79 Å². The molecular weight excluding hydrogens is 636 g/mol. The summed E-state index contributed by atoms with van der Waals surface area (Å²) >= 11 is 0. The van der Waals surface area contributed by atoms with Gasteiger partial charge in [0.25, 0.3) is 0 Å². The Morgan fingerprint density at radius 2 is 1.10 bits per heavy atom. The van der Waals surface area contributed by atoms with Crippen LogP contribution in [0.3, 0.4) is 0 Å². The van der Waals surface area contributed by atoms with Crippen molar-refractivity contribution in [3.05, 3.63) is 108 Å². The van der Waals surface area contributed by atoms with E-state index >= 15 is 0 Å². The molecule has 0 bridgehead atoms. The minimum atomic E-state index is -1.36. The lowest BCUT2D eigenvalue weighted by atomic mass is 9.86. The van der Waals surface area contributed by atoms with E-state index < -0.39 is 53.5 Å². The summed E-state index contributed by atoms with van der Waals surface area (Å²) in [5.74, 6) is -0.803. The van der Waals surface area contributed by atoms with Gasteiger partial charge in [-0.25, -0.2) is 9.59 Å². The van der Waals surface area contributed by atoms with Gasteiger partial charge in [0.1, 0.15) is 17.7 Å². The Labute approximate surface area is 296 Å². The van der Waals surface area contributed by atoms with Crippen LogP contribution in [0.4, 0.5) is 9.59 Å². The molecule has 0 aliphatic rings. The Balaban J connectivity index is 1.68. The van der Waals surface area contributed by atoms with Crippen molar-refractivity contribution in [3.8, 4) is 0 Å². The number of carbonyl (C=O) groups is 3. The van der Waals surface area contributed by atoms with Crippen molar-refractivity contribution in [1.29, 1.82) is 0 Å². The highest BCUT2D eigenvalue weighted by atomic mass is 16.6. The molecule has 272 valence electrons. The summed E-state index contributed by atoms with van der Waals surface area (Å²) in [5.41, 5.74) is 0.557. The maximum Gasteiger partial charge on any atom is 0.408 e. The maximum absolute atomic E-state index is 13.9. The van der Waals surface area contributed by atoms with Gasteiger partial charge >= 0.3 is 12.2 Å². The van der Waals surface area contributed by atoms with Crippen LogP contribution in [-0.2, 0) is 33.7 Å². The first-order chi connectivity index (χ1) is 23.7. The lowest BCUT2D eigenvalue weighted by Crippen LogP contribution is -2.63. The first-order valence-electron chi connectivity index (χ1n) is 17.1. The number of aliphatic hydroxyl groups excluding tert-OH is 2. The van der Waals surface area contributed by atoms with Gasteiger partial charge in [-0.1, -0.05) is 105 Å². The smallest absolute Gasteiger partial charge is 0.408 e. The van der Waals surface area contributed by atoms with E-state index in [1.165, 1.54) is 0 Å². The summed E-state index contributed by atoms with van der Waals surface area (Å²) in [4.78, 5) is 39.3. The Hall–Kier alpha value is -4.45. The topological polar surface area (TPSA) is 158 Å². The number of carbonyl (C=O) groups excluding carboxylic acids is 3. The van der Waals surface area contributed by atoms with Crippen molar-refractivity contribution < 1.29 is 34.1 Å². The average molecular weight is 691 g/mol. The highest BCUT2D eigenvalue weighted by Crippen LogP contribution is 2.19. The molecule has 11 nitrogen and oxygen atoms in total. The number of aliphatic hydroxyl groups is 2. The van der Waals surface area contributed by atoms with Crippen LogP contribution in [0, 0.1) is 5.92 Å². The van der Waals surface area contributed by atoms with Crippen LogP contribution >= 0.6 is 0 Å². The van der Waals surface area contributed by atoms with Crippen LogP contribution in [0.5, 0.6) is 0 Å². The molecule has 3 rings (SSSR count). The van der Waals surface area contributed by atoms with Gasteiger partial charge in [-0.15, -0.1) is 0 Å². The molecule has 0 heterocycles. The van der Waals surface area contributed by atoms with Crippen LogP contribution in [0.25, 0.3) is 0 Å². The van der Waals surface area contributed by atoms with Crippen molar-refractivity contribution in [3.63, 3.8) is 0 Å². The van der Waals surface area contributed by atoms with Gasteiger partial charge in [0, 0.05) is 13.1 Å². The number of nitrogens with one attached hydrogen (secondary N) is 4. The van der Waals surface area contributed by atoms with E-state index in [4.69, 9.17) is 9.47 Å². The molecule has 0 spiro atoms. The number of amides is 3. The minimum absolute atomic E-state index is 0.0181. The SMILES string of the molecule is CC(C)C(C)(NC(=O)OCc1ccccc1)C(=O)N[C@@H](Cc1ccccc1)[C@H](O)CNC[C@@H](O)[C@H](Cc1ccccc1)NC(=O)OC(C)(C)C. The molecule has 0 fully saturated rings. The van der Waals surface area contributed by atoms with Gasteiger partial charge in [0.05, 0.1) is 24.3 Å². The third-order valence-electron chi connectivity index (χ3n) is 8.45. The second-order valence-corrected chi connectivity index (χ2v) is 14.0. The Morgan fingerprint density at radius 3 is 1.54 bits per heavy atom. The van der Waals surface area contributed by atoms with Gasteiger partial charge in [0.15, 0.2) is 0 Å². The van der Waals surface area contributed by atoms with Crippen molar-refractivity contribution in [1.82, 2.24) is 21.3 Å². The normalized spacial score (nSPS) is 15.1. The number of rotatable bonds is 17. The first-order valence-corrected chi connectivity index (χ1v) is 17.1. The van der Waals surface area contributed by atoms with Crippen LogP contribution < -0.4 is 21.3 Å². The molecule has 11 heteroatoms. The number of alkyl carbamates (subject to hydrolysis) is 2. The number of benzene rings is 3. The molecule has 0 saturated carbocycles. The van der Waals surface area contributed by atoms with Crippen molar-refractivity contribution >= 4 is 18.1 Å². The number of hydrogen-bond donors (Lipinski definition) is 6. The molecule has 3 amide bonds. The average Bonchev–Trinajstić information content (AvgIpc) is 3.07. The molecule has 0 aromatic heterocycles. The fourth-order valence-electron chi connectivity index (χ4n) is 5.18. The molecule has 3 aromatic carbocycles. The molecular formula is C39H54N4O7. The summed E-state index contributed by atoms with van der Waals surface area (Å²) in [6.45, 7) is 10.7. The molecule has 50 heavy (non-hydrogen) atoms. The fourth-order valence-corrected chi connectivity index (χ4v) is 5.18. The summed E-state index contributed by atoms with van der Waals surface area (Å²) in [6, 6.07) is 26.7. The molecule has 1 unspecified atom stereocenters.